The van der Waals surface area contributed by atoms with Crippen LogP contribution in [0.5, 0.6) is 0 Å². The van der Waals surface area contributed by atoms with E-state index in [9.17, 15) is 19.2 Å². The zero-order chi connectivity index (χ0) is 26.3. The number of Topliss-reactive ketones (excluding diaryl/α,β-unsaturated/α-hetero) is 1. The minimum atomic E-state index is -0.577. The quantitative estimate of drug-likeness (QED) is 0.330. The van der Waals surface area contributed by atoms with Gasteiger partial charge < -0.3 is 14.6 Å². The molecule has 0 radical (unpaired) electrons. The Hall–Kier alpha value is -3.81. The van der Waals surface area contributed by atoms with Crippen LogP contribution in [0.2, 0.25) is 0 Å². The number of hydrogen-bond donors (Lipinski definition) is 1. The number of rotatable bonds is 10. The van der Waals surface area contributed by atoms with Gasteiger partial charge in [-0.25, -0.2) is 4.98 Å². The second-order valence-corrected chi connectivity index (χ2v) is 9.72. The number of benzene rings is 2. The molecule has 0 aliphatic heterocycles. The molecule has 0 bridgehead atoms. The summed E-state index contributed by atoms with van der Waals surface area (Å²) in [6.45, 7) is 7.68. The first-order valence-electron chi connectivity index (χ1n) is 12.2. The van der Waals surface area contributed by atoms with Crippen LogP contribution in [0.25, 0.3) is 11.0 Å². The molecule has 0 fully saturated rings. The van der Waals surface area contributed by atoms with Crippen molar-refractivity contribution < 1.29 is 19.1 Å². The summed E-state index contributed by atoms with van der Waals surface area (Å²) in [6, 6.07) is 13.9. The van der Waals surface area contributed by atoms with E-state index in [1.807, 2.05) is 45.0 Å². The molecule has 0 saturated carbocycles. The number of unbranched alkanes of at least 4 members (excludes halogenated alkanes) is 1. The van der Waals surface area contributed by atoms with Crippen molar-refractivity contribution >= 4 is 34.4 Å². The van der Waals surface area contributed by atoms with Gasteiger partial charge in [0.15, 0.2) is 12.4 Å². The summed E-state index contributed by atoms with van der Waals surface area (Å²) < 4.78 is 6.86. The zero-order valence-electron chi connectivity index (χ0n) is 21.3. The van der Waals surface area contributed by atoms with Gasteiger partial charge in [-0.15, -0.1) is 0 Å². The molecule has 0 aliphatic rings. The van der Waals surface area contributed by atoms with Crippen LogP contribution in [-0.4, -0.2) is 33.8 Å². The Bertz CT molecular complexity index is 1300. The summed E-state index contributed by atoms with van der Waals surface area (Å²) in [7, 11) is 0. The van der Waals surface area contributed by atoms with E-state index in [1.165, 1.54) is 0 Å². The maximum atomic E-state index is 13.0. The average Bonchev–Trinajstić information content (AvgIpc) is 2.85. The van der Waals surface area contributed by atoms with Crippen LogP contribution in [0.3, 0.4) is 0 Å². The molecule has 0 atom stereocenters. The van der Waals surface area contributed by atoms with Crippen molar-refractivity contribution in [1.29, 1.82) is 0 Å². The number of carbonyl (C=O) groups excluding carboxylic acids is 3. The SMILES string of the molecule is CCCCn1c(=O)c(CCC(=O)OCC(=O)c2ccc(NC(=O)C(C)(C)C)cc2)nc2ccccc21. The first kappa shape index (κ1) is 26.8. The Labute approximate surface area is 210 Å². The highest BCUT2D eigenvalue weighted by Crippen LogP contribution is 2.18. The fraction of sp³-hybridized carbons (Fsp3) is 0.393. The molecule has 0 spiro atoms. The summed E-state index contributed by atoms with van der Waals surface area (Å²) in [5.74, 6) is -1.07. The second-order valence-electron chi connectivity index (χ2n) is 9.72. The molecular weight excluding hydrogens is 458 g/mol. The molecule has 3 rings (SSSR count). The lowest BCUT2D eigenvalue weighted by Gasteiger charge is -2.17. The van der Waals surface area contributed by atoms with Crippen LogP contribution in [0, 0.1) is 5.41 Å². The molecule has 0 saturated heterocycles. The number of hydrogen-bond acceptors (Lipinski definition) is 6. The van der Waals surface area contributed by atoms with Crippen molar-refractivity contribution in [2.75, 3.05) is 11.9 Å². The highest BCUT2D eigenvalue weighted by atomic mass is 16.5. The minimum absolute atomic E-state index is 0.0561. The van der Waals surface area contributed by atoms with Gasteiger partial charge in [0.05, 0.1) is 17.5 Å². The standard InChI is InChI=1S/C28H33N3O5/c1-5-6-17-31-23-10-8-7-9-21(23)30-22(26(31)34)15-16-25(33)36-18-24(32)19-11-13-20(14-12-19)29-27(35)28(2,3)4/h7-14H,5-6,15-18H2,1-4H3,(H,29,35). The van der Waals surface area contributed by atoms with E-state index >= 15 is 0 Å². The Kier molecular flexibility index (Phi) is 8.74. The number of fused-ring (bicyclic) bond motifs is 1. The number of ether oxygens (including phenoxy) is 1. The van der Waals surface area contributed by atoms with E-state index in [-0.39, 0.29) is 30.1 Å². The van der Waals surface area contributed by atoms with Crippen molar-refractivity contribution in [3.8, 4) is 0 Å². The van der Waals surface area contributed by atoms with Gasteiger partial charge in [0.1, 0.15) is 5.69 Å². The van der Waals surface area contributed by atoms with Crippen molar-refractivity contribution in [1.82, 2.24) is 9.55 Å². The Morgan fingerprint density at radius 3 is 2.39 bits per heavy atom. The topological polar surface area (TPSA) is 107 Å². The summed E-state index contributed by atoms with van der Waals surface area (Å²) in [6.07, 6.45) is 1.89. The number of aryl methyl sites for hydroxylation is 2. The fourth-order valence-electron chi connectivity index (χ4n) is 3.53. The molecule has 1 N–H and O–H groups in total. The van der Waals surface area contributed by atoms with E-state index in [4.69, 9.17) is 4.74 Å². The first-order chi connectivity index (χ1) is 17.1. The lowest BCUT2D eigenvalue weighted by molar-refractivity contribution is -0.142. The van der Waals surface area contributed by atoms with Crippen LogP contribution >= 0.6 is 0 Å². The van der Waals surface area contributed by atoms with Crippen LogP contribution in [0.15, 0.2) is 53.3 Å². The molecule has 0 aliphatic carbocycles. The first-order valence-corrected chi connectivity index (χ1v) is 12.2. The lowest BCUT2D eigenvalue weighted by Crippen LogP contribution is -2.27. The van der Waals surface area contributed by atoms with E-state index < -0.39 is 18.0 Å². The van der Waals surface area contributed by atoms with Gasteiger partial charge in [0, 0.05) is 29.6 Å². The van der Waals surface area contributed by atoms with Crippen molar-refractivity contribution in [3.05, 3.63) is 70.1 Å². The van der Waals surface area contributed by atoms with Crippen molar-refractivity contribution in [2.24, 2.45) is 5.41 Å². The third-order valence-electron chi connectivity index (χ3n) is 5.73. The molecule has 2 aromatic carbocycles. The van der Waals surface area contributed by atoms with Crippen LogP contribution < -0.4 is 10.9 Å². The molecule has 8 nitrogen and oxygen atoms in total. The van der Waals surface area contributed by atoms with Gasteiger partial charge in [0.25, 0.3) is 5.56 Å². The average molecular weight is 492 g/mol. The molecule has 1 amide bonds. The van der Waals surface area contributed by atoms with Crippen molar-refractivity contribution in [3.63, 3.8) is 0 Å². The highest BCUT2D eigenvalue weighted by molar-refractivity contribution is 5.99. The maximum absolute atomic E-state index is 13.0. The lowest BCUT2D eigenvalue weighted by atomic mass is 9.95. The second kappa shape index (κ2) is 11.7. The number of aromatic nitrogens is 2. The van der Waals surface area contributed by atoms with Crippen LogP contribution in [-0.2, 0) is 27.3 Å². The molecule has 8 heteroatoms. The third kappa shape index (κ3) is 6.87. The van der Waals surface area contributed by atoms with Gasteiger partial charge >= 0.3 is 5.97 Å². The summed E-state index contributed by atoms with van der Waals surface area (Å²) in [5.41, 5.74) is 1.99. The molecule has 190 valence electrons. The van der Waals surface area contributed by atoms with Crippen LogP contribution in [0.4, 0.5) is 5.69 Å². The number of nitrogens with zero attached hydrogens (tertiary/aromatic N) is 2. The number of anilines is 1. The Balaban J connectivity index is 1.57. The number of ketones is 1. The summed E-state index contributed by atoms with van der Waals surface area (Å²) >= 11 is 0. The fourth-order valence-corrected chi connectivity index (χ4v) is 3.53. The molecule has 36 heavy (non-hydrogen) atoms. The predicted octanol–water partition coefficient (Wildman–Crippen LogP) is 4.54. The van der Waals surface area contributed by atoms with E-state index in [2.05, 4.69) is 17.2 Å². The van der Waals surface area contributed by atoms with Gasteiger partial charge in [-0.2, -0.15) is 0 Å². The zero-order valence-corrected chi connectivity index (χ0v) is 21.3. The monoisotopic (exact) mass is 491 g/mol. The van der Waals surface area contributed by atoms with Gasteiger partial charge in [-0.05, 0) is 42.8 Å². The normalized spacial score (nSPS) is 11.3. The minimum Gasteiger partial charge on any atom is -0.457 e. The highest BCUT2D eigenvalue weighted by Gasteiger charge is 2.21. The Morgan fingerprint density at radius 2 is 1.72 bits per heavy atom. The van der Waals surface area contributed by atoms with Gasteiger partial charge in [-0.3, -0.25) is 19.2 Å². The van der Waals surface area contributed by atoms with E-state index in [1.54, 1.807) is 28.8 Å². The molecule has 1 heterocycles. The maximum Gasteiger partial charge on any atom is 0.306 e. The number of esters is 1. The predicted molar refractivity (Wildman–Crippen MR) is 139 cm³/mol. The smallest absolute Gasteiger partial charge is 0.306 e. The van der Waals surface area contributed by atoms with Crippen LogP contribution in [0.1, 0.15) is 63.0 Å². The molecular formula is C28H33N3O5. The van der Waals surface area contributed by atoms with Crippen molar-refractivity contribution in [2.45, 2.75) is 59.9 Å². The summed E-state index contributed by atoms with van der Waals surface area (Å²) in [5, 5.41) is 2.79. The number of amides is 1. The number of carbonyl (C=O) groups is 3. The van der Waals surface area contributed by atoms with Gasteiger partial charge in [0.2, 0.25) is 5.91 Å². The molecule has 0 unspecified atom stereocenters. The third-order valence-corrected chi connectivity index (χ3v) is 5.73. The number of nitrogens with one attached hydrogen (secondary N) is 1. The largest absolute Gasteiger partial charge is 0.457 e. The molecule has 1 aromatic heterocycles. The Morgan fingerprint density at radius 1 is 1.03 bits per heavy atom. The van der Waals surface area contributed by atoms with Gasteiger partial charge in [-0.1, -0.05) is 46.2 Å². The van der Waals surface area contributed by atoms with E-state index in [0.717, 1.165) is 18.4 Å². The summed E-state index contributed by atoms with van der Waals surface area (Å²) in [4.78, 5) is 54.2. The van der Waals surface area contributed by atoms with E-state index in [0.29, 0.717) is 29.0 Å². The molecule has 3 aromatic rings. The number of para-hydroxylation sites is 2.